The molecule has 0 saturated carbocycles. The second kappa shape index (κ2) is 9.92. The summed E-state index contributed by atoms with van der Waals surface area (Å²) in [5.74, 6) is 1.13. The fraction of sp³-hybridized carbons (Fsp3) is 0.192. The number of rotatable bonds is 8. The molecule has 3 aromatic rings. The van der Waals surface area contributed by atoms with Gasteiger partial charge in [0, 0.05) is 23.9 Å². The molecule has 32 heavy (non-hydrogen) atoms. The molecule has 0 heterocycles. The van der Waals surface area contributed by atoms with E-state index in [1.807, 2.05) is 12.1 Å². The summed E-state index contributed by atoms with van der Waals surface area (Å²) in [6, 6.07) is 21.2. The summed E-state index contributed by atoms with van der Waals surface area (Å²) in [5, 5.41) is 13.5. The van der Waals surface area contributed by atoms with Crippen LogP contribution in [0.3, 0.4) is 0 Å². The molecule has 6 nitrogen and oxygen atoms in total. The molecule has 0 radical (unpaired) electrons. The number of hydrogen-bond donors (Lipinski definition) is 1. The molecular weight excluding hydrogens is 404 g/mol. The zero-order valence-electron chi connectivity index (χ0n) is 18.4. The first kappa shape index (κ1) is 22.7. The number of benzene rings is 3. The van der Waals surface area contributed by atoms with Gasteiger partial charge in [-0.1, -0.05) is 32.9 Å². The Morgan fingerprint density at radius 1 is 0.969 bits per heavy atom. The highest BCUT2D eigenvalue weighted by Crippen LogP contribution is 2.30. The molecule has 0 aliphatic rings. The van der Waals surface area contributed by atoms with E-state index >= 15 is 0 Å². The highest BCUT2D eigenvalue weighted by molar-refractivity contribution is 6.01. The number of carbonyl (C=O) groups is 1. The molecule has 0 aliphatic carbocycles. The van der Waals surface area contributed by atoms with Crippen molar-refractivity contribution in [3.05, 3.63) is 100 Å². The first-order valence-corrected chi connectivity index (χ1v) is 10.4. The Morgan fingerprint density at radius 2 is 1.53 bits per heavy atom. The minimum atomic E-state index is -0.463. The second-order valence-electron chi connectivity index (χ2n) is 8.06. The maximum Gasteiger partial charge on any atom is 0.269 e. The van der Waals surface area contributed by atoms with Crippen LogP contribution in [-0.2, 0) is 10.2 Å². The van der Waals surface area contributed by atoms with Gasteiger partial charge in [-0.15, -0.1) is 0 Å². The average molecular weight is 431 g/mol. The Labute approximate surface area is 187 Å². The van der Waals surface area contributed by atoms with Gasteiger partial charge >= 0.3 is 0 Å². The maximum atomic E-state index is 12.1. The van der Waals surface area contributed by atoms with Gasteiger partial charge < -0.3 is 10.1 Å². The Morgan fingerprint density at radius 3 is 2.06 bits per heavy atom. The quantitative estimate of drug-likeness (QED) is 0.244. The van der Waals surface area contributed by atoms with Gasteiger partial charge in [-0.2, -0.15) is 0 Å². The van der Waals surface area contributed by atoms with Crippen molar-refractivity contribution in [1.82, 2.24) is 0 Å². The van der Waals surface area contributed by atoms with Gasteiger partial charge in [-0.05, 0) is 77.6 Å². The molecule has 1 N–H and O–H groups in total. The van der Waals surface area contributed by atoms with E-state index in [0.29, 0.717) is 17.0 Å². The van der Waals surface area contributed by atoms with Crippen LogP contribution >= 0.6 is 0 Å². The minimum Gasteiger partial charge on any atom is -0.457 e. The first-order chi connectivity index (χ1) is 15.3. The monoisotopic (exact) mass is 430 g/mol. The van der Waals surface area contributed by atoms with E-state index in [9.17, 15) is 14.9 Å². The van der Waals surface area contributed by atoms with Crippen LogP contribution in [-0.4, -0.2) is 10.8 Å². The van der Waals surface area contributed by atoms with Crippen molar-refractivity contribution in [3.63, 3.8) is 0 Å². The lowest BCUT2D eigenvalue weighted by Gasteiger charge is -2.23. The number of nitro benzene ring substituents is 1. The Balaban J connectivity index is 1.56. The van der Waals surface area contributed by atoms with Crippen LogP contribution in [0.25, 0.3) is 6.08 Å². The van der Waals surface area contributed by atoms with Crippen LogP contribution in [0.4, 0.5) is 11.4 Å². The van der Waals surface area contributed by atoms with E-state index in [0.717, 1.165) is 12.2 Å². The maximum absolute atomic E-state index is 12.1. The Hall–Kier alpha value is -3.93. The third-order valence-corrected chi connectivity index (χ3v) is 5.41. The Bertz CT molecular complexity index is 1100. The molecule has 0 saturated heterocycles. The van der Waals surface area contributed by atoms with Crippen molar-refractivity contribution in [3.8, 4) is 11.5 Å². The molecule has 0 bridgehead atoms. The van der Waals surface area contributed by atoms with Crippen LogP contribution in [0.2, 0.25) is 0 Å². The smallest absolute Gasteiger partial charge is 0.269 e. The molecule has 0 unspecified atom stereocenters. The van der Waals surface area contributed by atoms with Crippen LogP contribution in [0, 0.1) is 10.1 Å². The summed E-state index contributed by atoms with van der Waals surface area (Å²) < 4.78 is 5.90. The van der Waals surface area contributed by atoms with Gasteiger partial charge in [0.25, 0.3) is 5.69 Å². The normalized spacial score (nSPS) is 11.3. The molecule has 0 spiro atoms. The van der Waals surface area contributed by atoms with Gasteiger partial charge in [0.05, 0.1) is 4.92 Å². The van der Waals surface area contributed by atoms with E-state index in [2.05, 4.69) is 38.2 Å². The molecule has 6 heteroatoms. The predicted molar refractivity (Wildman–Crippen MR) is 127 cm³/mol. The molecule has 0 atom stereocenters. The van der Waals surface area contributed by atoms with Crippen LogP contribution in [0.15, 0.2) is 78.9 Å². The molecule has 3 rings (SSSR count). The topological polar surface area (TPSA) is 81.5 Å². The lowest BCUT2D eigenvalue weighted by molar-refractivity contribution is -0.384. The lowest BCUT2D eigenvalue weighted by atomic mass is 9.82. The fourth-order valence-corrected chi connectivity index (χ4v) is 2.98. The van der Waals surface area contributed by atoms with Gasteiger partial charge in [0.2, 0.25) is 5.91 Å². The highest BCUT2D eigenvalue weighted by Gasteiger charge is 2.17. The summed E-state index contributed by atoms with van der Waals surface area (Å²) >= 11 is 0. The molecule has 164 valence electrons. The zero-order valence-corrected chi connectivity index (χ0v) is 18.4. The molecule has 3 aromatic carbocycles. The summed E-state index contributed by atoms with van der Waals surface area (Å²) in [4.78, 5) is 22.4. The number of ether oxygens (including phenoxy) is 1. The summed E-state index contributed by atoms with van der Waals surface area (Å²) in [6.07, 6.45) is 4.04. The lowest BCUT2D eigenvalue weighted by Crippen LogP contribution is -2.14. The van der Waals surface area contributed by atoms with Crippen LogP contribution < -0.4 is 10.1 Å². The molecule has 0 aliphatic heterocycles. The summed E-state index contributed by atoms with van der Waals surface area (Å²) in [5.41, 5.74) is 2.74. The standard InChI is InChI=1S/C26H26N2O4/c1-4-26(2,3)20-8-14-23(15-9-20)32-24-16-10-21(11-17-24)27-25(29)18-7-19-5-12-22(13-6-19)28(30)31/h5-18H,4H2,1-3H3,(H,27,29). The third kappa shape index (κ3) is 6.04. The predicted octanol–water partition coefficient (Wildman–Crippen LogP) is 6.73. The molecule has 0 aromatic heterocycles. The number of nitrogens with zero attached hydrogens (tertiary/aromatic N) is 1. The second-order valence-corrected chi connectivity index (χ2v) is 8.06. The molecule has 0 fully saturated rings. The number of nitrogens with one attached hydrogen (secondary N) is 1. The van der Waals surface area contributed by atoms with Gasteiger partial charge in [-0.25, -0.2) is 0 Å². The summed E-state index contributed by atoms with van der Waals surface area (Å²) in [6.45, 7) is 6.62. The SMILES string of the molecule is CCC(C)(C)c1ccc(Oc2ccc(NC(=O)C=Cc3ccc([N+](=O)[O-])cc3)cc2)cc1. The number of carbonyl (C=O) groups excluding carboxylic acids is 1. The van der Waals surface area contributed by atoms with Crippen molar-refractivity contribution in [2.75, 3.05) is 5.32 Å². The summed E-state index contributed by atoms with van der Waals surface area (Å²) in [7, 11) is 0. The number of hydrogen-bond acceptors (Lipinski definition) is 4. The first-order valence-electron chi connectivity index (χ1n) is 10.4. The van der Waals surface area contributed by atoms with E-state index in [4.69, 9.17) is 4.74 Å². The van der Waals surface area contributed by atoms with Crippen LogP contribution in [0.1, 0.15) is 38.3 Å². The Kier molecular flexibility index (Phi) is 7.05. The number of non-ortho nitro benzene ring substituents is 1. The molecular formula is C26H26N2O4. The minimum absolute atomic E-state index is 0.00894. The van der Waals surface area contributed by atoms with Crippen molar-refractivity contribution < 1.29 is 14.5 Å². The van der Waals surface area contributed by atoms with Crippen molar-refractivity contribution >= 4 is 23.4 Å². The number of nitro groups is 1. The largest absolute Gasteiger partial charge is 0.457 e. The van der Waals surface area contributed by atoms with Crippen molar-refractivity contribution in [2.24, 2.45) is 0 Å². The van der Waals surface area contributed by atoms with Gasteiger partial charge in [0.15, 0.2) is 0 Å². The van der Waals surface area contributed by atoms with Crippen LogP contribution in [0.5, 0.6) is 11.5 Å². The van der Waals surface area contributed by atoms with Gasteiger partial charge in [-0.3, -0.25) is 14.9 Å². The van der Waals surface area contributed by atoms with E-state index in [1.165, 1.54) is 23.8 Å². The zero-order chi connectivity index (χ0) is 23.1. The number of anilines is 1. The van der Waals surface area contributed by atoms with E-state index in [-0.39, 0.29) is 17.0 Å². The highest BCUT2D eigenvalue weighted by atomic mass is 16.6. The fourth-order valence-electron chi connectivity index (χ4n) is 2.98. The average Bonchev–Trinajstić information content (AvgIpc) is 2.79. The number of amides is 1. The van der Waals surface area contributed by atoms with Crippen molar-refractivity contribution in [1.29, 1.82) is 0 Å². The third-order valence-electron chi connectivity index (χ3n) is 5.41. The molecule has 1 amide bonds. The van der Waals surface area contributed by atoms with E-state index in [1.54, 1.807) is 42.5 Å². The van der Waals surface area contributed by atoms with E-state index < -0.39 is 4.92 Å². The van der Waals surface area contributed by atoms with Crippen molar-refractivity contribution in [2.45, 2.75) is 32.6 Å². The van der Waals surface area contributed by atoms with Gasteiger partial charge in [0.1, 0.15) is 11.5 Å².